The van der Waals surface area contributed by atoms with Crippen molar-refractivity contribution in [3.05, 3.63) is 20.4 Å². The molecule has 1 aromatic rings. The van der Waals surface area contributed by atoms with E-state index in [1.807, 2.05) is 4.90 Å². The quantitative estimate of drug-likeness (QED) is 0.721. The van der Waals surface area contributed by atoms with Gasteiger partial charge in [0.05, 0.1) is 6.61 Å². The number of ether oxygens (including phenoxy) is 1. The predicted octanol–water partition coefficient (Wildman–Crippen LogP) is 1.94. The van der Waals surface area contributed by atoms with Crippen molar-refractivity contribution in [2.45, 2.75) is 52.5 Å². The molecule has 140 valence electrons. The Morgan fingerprint density at radius 2 is 1.72 bits per heavy atom. The van der Waals surface area contributed by atoms with Crippen molar-refractivity contribution >= 4 is 17.5 Å². The first kappa shape index (κ1) is 19.3. The number of likely N-dealkylation sites (tertiary alicyclic amines) is 1. The molecule has 1 aliphatic heterocycles. The number of hydrogen-bond donors (Lipinski definition) is 1. The Labute approximate surface area is 148 Å². The van der Waals surface area contributed by atoms with Crippen molar-refractivity contribution in [1.29, 1.82) is 0 Å². The number of carbonyl (C=O) groups is 1. The second kappa shape index (κ2) is 8.87. The van der Waals surface area contributed by atoms with E-state index in [0.717, 1.165) is 38.8 Å². The molecule has 1 amide bonds. The minimum atomic E-state index is -0.417. The Kier molecular flexibility index (Phi) is 6.84. The van der Waals surface area contributed by atoms with Gasteiger partial charge in [0.2, 0.25) is 0 Å². The predicted molar refractivity (Wildman–Crippen MR) is 99.4 cm³/mol. The highest BCUT2D eigenvalue weighted by Gasteiger charge is 2.29. The molecule has 0 bridgehead atoms. The van der Waals surface area contributed by atoms with E-state index in [0.29, 0.717) is 31.1 Å². The lowest BCUT2D eigenvalue weighted by Gasteiger charge is -2.34. The van der Waals surface area contributed by atoms with E-state index in [1.54, 1.807) is 11.8 Å². The second-order valence-corrected chi connectivity index (χ2v) is 6.47. The number of rotatable bonds is 8. The van der Waals surface area contributed by atoms with Crippen molar-refractivity contribution in [3.63, 3.8) is 0 Å². The van der Waals surface area contributed by atoms with Crippen LogP contribution in [0.25, 0.3) is 0 Å². The van der Waals surface area contributed by atoms with Crippen molar-refractivity contribution in [3.8, 4) is 0 Å². The molecule has 0 unspecified atom stereocenters. The molecule has 0 atom stereocenters. The van der Waals surface area contributed by atoms with Crippen molar-refractivity contribution in [1.82, 2.24) is 4.90 Å². The lowest BCUT2D eigenvalue weighted by molar-refractivity contribution is 0.0983. The zero-order valence-corrected chi connectivity index (χ0v) is 15.5. The van der Waals surface area contributed by atoms with Gasteiger partial charge < -0.3 is 19.9 Å². The summed E-state index contributed by atoms with van der Waals surface area (Å²) in [5.41, 5.74) is 0.205. The van der Waals surface area contributed by atoms with Gasteiger partial charge in [-0.1, -0.05) is 13.8 Å². The molecular formula is C18H29N3O4. The van der Waals surface area contributed by atoms with Crippen LogP contribution in [0, 0.1) is 0 Å². The normalized spacial score (nSPS) is 15.4. The van der Waals surface area contributed by atoms with Gasteiger partial charge in [0.15, 0.2) is 0 Å². The van der Waals surface area contributed by atoms with E-state index in [4.69, 9.17) is 4.74 Å². The topological polar surface area (TPSA) is 79.0 Å². The highest BCUT2D eigenvalue weighted by molar-refractivity contribution is 5.75. The lowest BCUT2D eigenvalue weighted by atomic mass is 10.0. The van der Waals surface area contributed by atoms with E-state index < -0.39 is 5.43 Å². The maximum Gasteiger partial charge on any atom is 0.409 e. The lowest BCUT2D eigenvalue weighted by Crippen LogP contribution is -2.47. The van der Waals surface area contributed by atoms with Gasteiger partial charge in [0, 0.05) is 32.2 Å². The summed E-state index contributed by atoms with van der Waals surface area (Å²) in [5.74, 6) is 0. The number of carbonyl (C=O) groups excluding carboxylic acids is 1. The Bertz CT molecular complexity index is 637. The van der Waals surface area contributed by atoms with Crippen LogP contribution in [0.1, 0.15) is 46.5 Å². The fourth-order valence-electron chi connectivity index (χ4n) is 3.32. The van der Waals surface area contributed by atoms with E-state index in [1.165, 1.54) is 0 Å². The second-order valence-electron chi connectivity index (χ2n) is 6.47. The smallest absolute Gasteiger partial charge is 0.409 e. The van der Waals surface area contributed by atoms with Crippen LogP contribution in [0.4, 0.5) is 16.2 Å². The van der Waals surface area contributed by atoms with Gasteiger partial charge in [-0.15, -0.1) is 0 Å². The molecular weight excluding hydrogens is 322 g/mol. The Balaban J connectivity index is 2.00. The van der Waals surface area contributed by atoms with Crippen molar-refractivity contribution in [2.24, 2.45) is 0 Å². The van der Waals surface area contributed by atoms with Crippen LogP contribution >= 0.6 is 0 Å². The average molecular weight is 351 g/mol. The molecule has 0 saturated carbocycles. The fourth-order valence-corrected chi connectivity index (χ4v) is 3.32. The Hall–Kier alpha value is -2.05. The minimum Gasteiger partial charge on any atom is -0.450 e. The summed E-state index contributed by atoms with van der Waals surface area (Å²) in [5, 5.41) is 3.26. The molecule has 1 fully saturated rings. The molecule has 7 nitrogen and oxygen atoms in total. The van der Waals surface area contributed by atoms with Gasteiger partial charge in [-0.25, -0.2) is 4.79 Å². The van der Waals surface area contributed by atoms with E-state index >= 15 is 0 Å². The van der Waals surface area contributed by atoms with E-state index in [-0.39, 0.29) is 17.6 Å². The fraction of sp³-hybridized carbons (Fsp3) is 0.722. The number of piperidine rings is 1. The number of nitrogens with one attached hydrogen (secondary N) is 1. The van der Waals surface area contributed by atoms with Crippen molar-refractivity contribution < 1.29 is 9.53 Å². The molecule has 1 N–H and O–H groups in total. The van der Waals surface area contributed by atoms with Gasteiger partial charge in [-0.2, -0.15) is 0 Å². The molecule has 0 radical (unpaired) electrons. The summed E-state index contributed by atoms with van der Waals surface area (Å²) in [4.78, 5) is 39.5. The third-order valence-corrected chi connectivity index (χ3v) is 4.56. The number of anilines is 2. The SMILES string of the molecule is CCCN(CCC)c1c(NC2CCN(C(=O)OCC)CC2)c(=O)c1=O. The molecule has 0 spiro atoms. The maximum atomic E-state index is 12.1. The maximum absolute atomic E-state index is 12.1. The van der Waals surface area contributed by atoms with Crippen LogP contribution in [0.5, 0.6) is 0 Å². The average Bonchev–Trinajstić information content (AvgIpc) is 2.62. The monoisotopic (exact) mass is 351 g/mol. The van der Waals surface area contributed by atoms with Gasteiger partial charge in [0.25, 0.3) is 10.9 Å². The zero-order valence-electron chi connectivity index (χ0n) is 15.5. The molecule has 0 aliphatic carbocycles. The van der Waals surface area contributed by atoms with Crippen LogP contribution < -0.4 is 21.1 Å². The number of hydrogen-bond acceptors (Lipinski definition) is 6. The third kappa shape index (κ3) is 4.32. The van der Waals surface area contributed by atoms with Crippen LogP contribution in [0.15, 0.2) is 9.59 Å². The highest BCUT2D eigenvalue weighted by Crippen LogP contribution is 2.24. The summed E-state index contributed by atoms with van der Waals surface area (Å²) < 4.78 is 5.02. The van der Waals surface area contributed by atoms with Crippen LogP contribution in [0.2, 0.25) is 0 Å². The molecule has 1 aliphatic rings. The van der Waals surface area contributed by atoms with Gasteiger partial charge in [-0.05, 0) is 32.6 Å². The molecule has 1 heterocycles. The number of nitrogens with zero attached hydrogens (tertiary/aromatic N) is 2. The van der Waals surface area contributed by atoms with Crippen molar-refractivity contribution in [2.75, 3.05) is 43.0 Å². The van der Waals surface area contributed by atoms with Gasteiger partial charge >= 0.3 is 6.09 Å². The summed E-state index contributed by atoms with van der Waals surface area (Å²) in [7, 11) is 0. The summed E-state index contributed by atoms with van der Waals surface area (Å²) >= 11 is 0. The van der Waals surface area contributed by atoms with Crippen LogP contribution in [-0.2, 0) is 4.74 Å². The summed E-state index contributed by atoms with van der Waals surface area (Å²) in [6, 6.07) is 0.0952. The highest BCUT2D eigenvalue weighted by atomic mass is 16.6. The minimum absolute atomic E-state index is 0.0952. The molecule has 7 heteroatoms. The molecule has 0 aromatic heterocycles. The molecule has 1 saturated heterocycles. The first-order valence-electron chi connectivity index (χ1n) is 9.29. The largest absolute Gasteiger partial charge is 0.450 e. The van der Waals surface area contributed by atoms with Crippen LogP contribution in [-0.4, -0.2) is 49.8 Å². The van der Waals surface area contributed by atoms with E-state index in [9.17, 15) is 14.4 Å². The first-order chi connectivity index (χ1) is 12.0. The standard InChI is InChI=1S/C18H29N3O4/c1-4-9-20(10-5-2)15-14(16(22)17(15)23)19-13-7-11-21(12-8-13)18(24)25-6-3/h13,19H,4-12H2,1-3H3. The molecule has 2 rings (SSSR count). The first-order valence-corrected chi connectivity index (χ1v) is 9.29. The molecule has 25 heavy (non-hydrogen) atoms. The Morgan fingerprint density at radius 1 is 1.12 bits per heavy atom. The van der Waals surface area contributed by atoms with E-state index in [2.05, 4.69) is 19.2 Å². The van der Waals surface area contributed by atoms with Gasteiger partial charge in [-0.3, -0.25) is 9.59 Å². The Morgan fingerprint density at radius 3 is 2.24 bits per heavy atom. The van der Waals surface area contributed by atoms with Crippen LogP contribution in [0.3, 0.4) is 0 Å². The zero-order chi connectivity index (χ0) is 18.4. The van der Waals surface area contributed by atoms with Gasteiger partial charge in [0.1, 0.15) is 11.4 Å². The third-order valence-electron chi connectivity index (χ3n) is 4.56. The molecule has 1 aromatic carbocycles. The summed E-state index contributed by atoms with van der Waals surface area (Å²) in [6.07, 6.45) is 3.04. The number of amides is 1. The summed E-state index contributed by atoms with van der Waals surface area (Å²) in [6.45, 7) is 9.01.